The summed E-state index contributed by atoms with van der Waals surface area (Å²) >= 11 is 0. The van der Waals surface area contributed by atoms with E-state index in [4.69, 9.17) is 10.5 Å². The van der Waals surface area contributed by atoms with Crippen LogP contribution < -0.4 is 21.7 Å². The number of rotatable bonds is 17. The fraction of sp³-hybridized carbons (Fsp3) is 0.600. The van der Waals surface area contributed by atoms with Crippen molar-refractivity contribution in [2.24, 2.45) is 11.7 Å². The van der Waals surface area contributed by atoms with E-state index in [-0.39, 0.29) is 18.9 Å². The molecule has 0 bridgehead atoms. The van der Waals surface area contributed by atoms with Gasteiger partial charge in [-0.2, -0.15) is 0 Å². The van der Waals surface area contributed by atoms with Gasteiger partial charge >= 0.3 is 5.97 Å². The molecular weight excluding hydrogens is 516 g/mol. The van der Waals surface area contributed by atoms with E-state index in [1.807, 2.05) is 0 Å². The third-order valence-corrected chi connectivity index (χ3v) is 5.80. The molecule has 14 nitrogen and oxygen atoms in total. The summed E-state index contributed by atoms with van der Waals surface area (Å²) in [4.78, 5) is 49.1. The van der Waals surface area contributed by atoms with Crippen LogP contribution in [0.15, 0.2) is 30.3 Å². The molecule has 0 heterocycles. The molecular formula is C25H40N4O10. The minimum atomic E-state index is -2.25. The number of aliphatic hydroxyl groups excluding tert-OH is 4. The molecule has 1 aromatic rings. The lowest BCUT2D eigenvalue weighted by atomic mass is 9.98. The Morgan fingerprint density at radius 1 is 0.923 bits per heavy atom. The number of carbonyl (C=O) groups is 4. The normalized spacial score (nSPS) is 16.7. The lowest BCUT2D eigenvalue weighted by Crippen LogP contribution is -2.60. The highest BCUT2D eigenvalue weighted by Gasteiger charge is 2.37. The third kappa shape index (κ3) is 11.2. The van der Waals surface area contributed by atoms with Gasteiger partial charge in [0.05, 0.1) is 31.7 Å². The van der Waals surface area contributed by atoms with Crippen LogP contribution in [0.3, 0.4) is 0 Å². The van der Waals surface area contributed by atoms with Crippen molar-refractivity contribution < 1.29 is 49.4 Å². The number of ether oxygens (including phenoxy) is 1. The largest absolute Gasteiger partial charge is 0.481 e. The molecule has 0 aliphatic rings. The van der Waals surface area contributed by atoms with Gasteiger partial charge in [-0.3, -0.25) is 19.2 Å². The topological polar surface area (TPSA) is 241 Å². The summed E-state index contributed by atoms with van der Waals surface area (Å²) < 4.78 is 4.83. The fourth-order valence-corrected chi connectivity index (χ4v) is 3.71. The second-order valence-electron chi connectivity index (χ2n) is 9.55. The van der Waals surface area contributed by atoms with Crippen LogP contribution in [-0.2, 0) is 23.9 Å². The lowest BCUT2D eigenvalue weighted by molar-refractivity contribution is -0.145. The first-order chi connectivity index (χ1) is 18.3. The molecule has 0 aromatic heterocycles. The van der Waals surface area contributed by atoms with Gasteiger partial charge in [0.1, 0.15) is 24.3 Å². The molecule has 39 heavy (non-hydrogen) atoms. The summed E-state index contributed by atoms with van der Waals surface area (Å²) in [5.41, 5.74) is 6.13. The van der Waals surface area contributed by atoms with Gasteiger partial charge in [0.2, 0.25) is 11.8 Å². The van der Waals surface area contributed by atoms with E-state index in [0.29, 0.717) is 5.56 Å². The molecule has 0 radical (unpaired) electrons. The van der Waals surface area contributed by atoms with Crippen LogP contribution in [0.1, 0.15) is 38.3 Å². The van der Waals surface area contributed by atoms with E-state index < -0.39 is 79.2 Å². The standard InChI is InChI=1S/C25H40N4O10/c1-13(2)9-17(28-23(36)15(26)12-39-3)24(37)29-18(11-30)20(33)21(34)22(35)25(38)27-16(10-19(31)32)14-7-5-4-6-8-14/h4-8,13,15-18,20-22,30,33-35H,9-12,26H2,1-3H3,(H,27,38)(H,28,36)(H,29,37)(H,31,32)/t15-,16-,17-,18-,20+,21+,22-/m0/s1. The summed E-state index contributed by atoms with van der Waals surface area (Å²) in [5, 5.41) is 57.4. The van der Waals surface area contributed by atoms with Gasteiger partial charge in [-0.15, -0.1) is 0 Å². The van der Waals surface area contributed by atoms with E-state index in [1.54, 1.807) is 44.2 Å². The number of carboxylic acid groups (broad SMARTS) is 1. The molecule has 0 spiro atoms. The molecule has 0 aliphatic heterocycles. The minimum absolute atomic E-state index is 0.0586. The Balaban J connectivity index is 2.94. The molecule has 0 saturated heterocycles. The number of methoxy groups -OCH3 is 1. The van der Waals surface area contributed by atoms with Crippen LogP contribution in [0, 0.1) is 5.92 Å². The molecule has 0 fully saturated rings. The predicted octanol–water partition coefficient (Wildman–Crippen LogP) is -2.62. The van der Waals surface area contributed by atoms with Crippen molar-refractivity contribution in [1.29, 1.82) is 0 Å². The van der Waals surface area contributed by atoms with Gasteiger partial charge in [0, 0.05) is 7.11 Å². The molecule has 1 rings (SSSR count). The van der Waals surface area contributed by atoms with E-state index in [1.165, 1.54) is 7.11 Å². The SMILES string of the molecule is COC[C@H](N)C(=O)N[C@@H](CC(C)C)C(=O)N[C@@H](CO)[C@@H](O)[C@@H](O)[C@H](O)C(=O)N[C@@H](CC(=O)O)c1ccccc1. The minimum Gasteiger partial charge on any atom is -0.481 e. The third-order valence-electron chi connectivity index (χ3n) is 5.80. The first-order valence-corrected chi connectivity index (χ1v) is 12.4. The van der Waals surface area contributed by atoms with Gasteiger partial charge in [-0.05, 0) is 17.9 Å². The van der Waals surface area contributed by atoms with Crippen LogP contribution in [0.2, 0.25) is 0 Å². The number of aliphatic carboxylic acids is 1. The smallest absolute Gasteiger partial charge is 0.305 e. The van der Waals surface area contributed by atoms with Crippen LogP contribution in [-0.4, -0.2) is 106 Å². The predicted molar refractivity (Wildman–Crippen MR) is 138 cm³/mol. The van der Waals surface area contributed by atoms with Crippen molar-refractivity contribution in [3.05, 3.63) is 35.9 Å². The number of hydrogen-bond acceptors (Lipinski definition) is 10. The van der Waals surface area contributed by atoms with Gasteiger partial charge < -0.3 is 52.0 Å². The Morgan fingerprint density at radius 3 is 2.05 bits per heavy atom. The molecule has 0 aliphatic carbocycles. The molecule has 0 unspecified atom stereocenters. The molecule has 14 heteroatoms. The van der Waals surface area contributed by atoms with Crippen molar-refractivity contribution in [3.63, 3.8) is 0 Å². The second kappa shape index (κ2) is 16.7. The zero-order valence-electron chi connectivity index (χ0n) is 22.2. The highest BCUT2D eigenvalue weighted by molar-refractivity contribution is 5.90. The average molecular weight is 557 g/mol. The van der Waals surface area contributed by atoms with Gasteiger partial charge in [-0.1, -0.05) is 44.2 Å². The zero-order chi connectivity index (χ0) is 29.7. The number of benzene rings is 1. The Kier molecular flexibility index (Phi) is 14.5. The maximum atomic E-state index is 12.9. The van der Waals surface area contributed by atoms with Gasteiger partial charge in [-0.25, -0.2) is 0 Å². The van der Waals surface area contributed by atoms with Crippen molar-refractivity contribution in [1.82, 2.24) is 16.0 Å². The molecule has 7 atom stereocenters. The molecule has 0 saturated carbocycles. The number of hydrogen-bond donors (Lipinski definition) is 9. The highest BCUT2D eigenvalue weighted by Crippen LogP contribution is 2.17. The molecule has 3 amide bonds. The quantitative estimate of drug-likeness (QED) is 0.0962. The number of nitrogens with two attached hydrogens (primary N) is 1. The fourth-order valence-electron chi connectivity index (χ4n) is 3.71. The van der Waals surface area contributed by atoms with E-state index >= 15 is 0 Å². The number of carboxylic acids is 1. The first-order valence-electron chi connectivity index (χ1n) is 12.4. The summed E-state index contributed by atoms with van der Waals surface area (Å²) in [6, 6.07) is 3.32. The highest BCUT2D eigenvalue weighted by atomic mass is 16.5. The van der Waals surface area contributed by atoms with Crippen LogP contribution in [0.25, 0.3) is 0 Å². The number of aliphatic hydroxyl groups is 4. The lowest BCUT2D eigenvalue weighted by Gasteiger charge is -2.31. The van der Waals surface area contributed by atoms with E-state index in [9.17, 15) is 44.7 Å². The van der Waals surface area contributed by atoms with Crippen LogP contribution in [0.5, 0.6) is 0 Å². The van der Waals surface area contributed by atoms with E-state index in [0.717, 1.165) is 0 Å². The molecule has 220 valence electrons. The molecule has 10 N–H and O–H groups in total. The Hall–Kier alpha value is -3.14. The second-order valence-corrected chi connectivity index (χ2v) is 9.55. The van der Waals surface area contributed by atoms with Gasteiger partial charge in [0.25, 0.3) is 5.91 Å². The summed E-state index contributed by atoms with van der Waals surface area (Å²) in [6.45, 7) is 2.61. The van der Waals surface area contributed by atoms with Crippen molar-refractivity contribution in [2.45, 2.75) is 69.2 Å². The number of nitrogens with one attached hydrogen (secondary N) is 3. The van der Waals surface area contributed by atoms with E-state index in [2.05, 4.69) is 16.0 Å². The Morgan fingerprint density at radius 2 is 1.54 bits per heavy atom. The van der Waals surface area contributed by atoms with Crippen LogP contribution in [0.4, 0.5) is 0 Å². The first kappa shape index (κ1) is 33.9. The molecule has 1 aromatic carbocycles. The number of amides is 3. The van der Waals surface area contributed by atoms with Crippen LogP contribution >= 0.6 is 0 Å². The van der Waals surface area contributed by atoms with Crippen molar-refractivity contribution >= 4 is 23.7 Å². The summed E-state index contributed by atoms with van der Waals surface area (Å²) in [5.74, 6) is -3.95. The Bertz CT molecular complexity index is 933. The summed E-state index contributed by atoms with van der Waals surface area (Å²) in [7, 11) is 1.35. The maximum Gasteiger partial charge on any atom is 0.305 e. The average Bonchev–Trinajstić information content (AvgIpc) is 2.89. The maximum absolute atomic E-state index is 12.9. The zero-order valence-corrected chi connectivity index (χ0v) is 22.2. The van der Waals surface area contributed by atoms with Crippen molar-refractivity contribution in [2.75, 3.05) is 20.3 Å². The monoisotopic (exact) mass is 556 g/mol. The van der Waals surface area contributed by atoms with Crippen molar-refractivity contribution in [3.8, 4) is 0 Å². The van der Waals surface area contributed by atoms with Gasteiger partial charge in [0.15, 0.2) is 6.10 Å². The summed E-state index contributed by atoms with van der Waals surface area (Å²) in [6.07, 6.45) is -6.81. The number of carbonyl (C=O) groups excluding carboxylic acids is 3. The Labute approximate surface area is 226 Å².